The average molecular weight is 474 g/mol. The Morgan fingerprint density at radius 1 is 1.16 bits per heavy atom. The molecule has 1 aliphatic carbocycles. The molecule has 164 valence electrons. The number of piperidine rings is 1. The second-order valence-corrected chi connectivity index (χ2v) is 10.5. The highest BCUT2D eigenvalue weighted by Gasteiger charge is 2.53. The highest BCUT2D eigenvalue weighted by Crippen LogP contribution is 2.54. The Kier molecular flexibility index (Phi) is 6.76. The van der Waals surface area contributed by atoms with Crippen molar-refractivity contribution in [2.45, 2.75) is 50.6 Å². The normalized spacial score (nSPS) is 27.2. The van der Waals surface area contributed by atoms with Gasteiger partial charge in [0.25, 0.3) is 0 Å². The minimum Gasteiger partial charge on any atom is -0.330 e. The molecule has 1 heterocycles. The first-order valence-electron chi connectivity index (χ1n) is 10.9. The summed E-state index contributed by atoms with van der Waals surface area (Å²) in [5, 5.41) is 1.41. The second-order valence-electron chi connectivity index (χ2n) is 9.22. The SMILES string of the molecule is C=CCC1(C)CC(c2cccc(Cl)c2)C(c2ccc(Cl)cc2)N(C(CS)C2CC2)C1=O. The summed E-state index contributed by atoms with van der Waals surface area (Å²) in [7, 11) is 0. The van der Waals surface area contributed by atoms with Crippen molar-refractivity contribution >= 4 is 41.7 Å². The standard InChI is InChI=1S/C26H29Cl2NOS/c1-3-13-26(2)15-22(19-5-4-6-21(28)14-19)24(18-9-11-20(27)12-10-18)29(25(26)30)23(16-31)17-7-8-17/h3-6,9-12,14,17,22-24,31H,1,7-8,13,15-16H2,2H3. The Morgan fingerprint density at radius 3 is 2.45 bits per heavy atom. The van der Waals surface area contributed by atoms with Crippen molar-refractivity contribution in [3.8, 4) is 0 Å². The molecule has 2 aromatic carbocycles. The molecule has 4 atom stereocenters. The van der Waals surface area contributed by atoms with E-state index in [1.807, 2.05) is 36.4 Å². The first kappa shape index (κ1) is 22.8. The van der Waals surface area contributed by atoms with Gasteiger partial charge in [-0.3, -0.25) is 4.79 Å². The number of thiol groups is 1. The Hall–Kier alpha value is -1.42. The van der Waals surface area contributed by atoms with Crippen LogP contribution in [-0.2, 0) is 4.79 Å². The van der Waals surface area contributed by atoms with Crippen molar-refractivity contribution in [3.63, 3.8) is 0 Å². The molecule has 4 unspecified atom stereocenters. The Morgan fingerprint density at radius 2 is 1.87 bits per heavy atom. The van der Waals surface area contributed by atoms with E-state index in [1.54, 1.807) is 0 Å². The zero-order valence-corrected chi connectivity index (χ0v) is 20.2. The number of benzene rings is 2. The van der Waals surface area contributed by atoms with Gasteiger partial charge in [-0.1, -0.05) is 60.5 Å². The topological polar surface area (TPSA) is 20.3 Å². The zero-order valence-electron chi connectivity index (χ0n) is 17.8. The lowest BCUT2D eigenvalue weighted by molar-refractivity contribution is -0.154. The van der Waals surface area contributed by atoms with Gasteiger partial charge in [-0.2, -0.15) is 12.6 Å². The molecule has 0 N–H and O–H groups in total. The summed E-state index contributed by atoms with van der Waals surface area (Å²) in [6, 6.07) is 16.1. The van der Waals surface area contributed by atoms with Gasteiger partial charge in [-0.05, 0) is 67.0 Å². The fourth-order valence-electron chi connectivity index (χ4n) is 5.20. The minimum atomic E-state index is -0.506. The summed E-state index contributed by atoms with van der Waals surface area (Å²) in [4.78, 5) is 16.2. The quantitative estimate of drug-likeness (QED) is 0.329. The fraction of sp³-hybridized carbons (Fsp3) is 0.423. The van der Waals surface area contributed by atoms with Gasteiger partial charge in [0.05, 0.1) is 11.5 Å². The summed E-state index contributed by atoms with van der Waals surface area (Å²) < 4.78 is 0. The number of carbonyl (C=O) groups excluding carboxylic acids is 1. The van der Waals surface area contributed by atoms with Crippen molar-refractivity contribution in [1.82, 2.24) is 4.90 Å². The highest BCUT2D eigenvalue weighted by molar-refractivity contribution is 7.80. The predicted molar refractivity (Wildman–Crippen MR) is 133 cm³/mol. The van der Waals surface area contributed by atoms with E-state index in [0.29, 0.717) is 28.1 Å². The summed E-state index contributed by atoms with van der Waals surface area (Å²) >= 11 is 17.3. The highest BCUT2D eigenvalue weighted by atomic mass is 35.5. The molecule has 1 amide bonds. The maximum Gasteiger partial charge on any atom is 0.229 e. The molecule has 1 saturated carbocycles. The summed E-state index contributed by atoms with van der Waals surface area (Å²) in [6.45, 7) is 6.03. The Labute approximate surface area is 201 Å². The number of nitrogens with zero attached hydrogens (tertiary/aromatic N) is 1. The summed E-state index contributed by atoms with van der Waals surface area (Å²) in [5.41, 5.74) is 1.76. The third-order valence-corrected chi connectivity index (χ3v) is 7.76. The molecule has 2 aliphatic rings. The van der Waals surface area contributed by atoms with Gasteiger partial charge in [-0.15, -0.1) is 6.58 Å². The third-order valence-electron chi connectivity index (χ3n) is 6.90. The molecule has 0 radical (unpaired) electrons. The smallest absolute Gasteiger partial charge is 0.229 e. The van der Waals surface area contributed by atoms with E-state index in [2.05, 4.69) is 36.6 Å². The summed E-state index contributed by atoms with van der Waals surface area (Å²) in [5.74, 6) is 1.50. The molecule has 5 heteroatoms. The molecule has 0 spiro atoms. The lowest BCUT2D eigenvalue weighted by atomic mass is 9.67. The van der Waals surface area contributed by atoms with Crippen LogP contribution in [0.1, 0.15) is 55.7 Å². The van der Waals surface area contributed by atoms with E-state index in [-0.39, 0.29) is 23.9 Å². The maximum absolute atomic E-state index is 14.1. The van der Waals surface area contributed by atoms with E-state index in [9.17, 15) is 4.79 Å². The predicted octanol–water partition coefficient (Wildman–Crippen LogP) is 7.34. The van der Waals surface area contributed by atoms with Gasteiger partial charge in [0, 0.05) is 27.8 Å². The van der Waals surface area contributed by atoms with Crippen LogP contribution in [0, 0.1) is 11.3 Å². The number of allylic oxidation sites excluding steroid dienone is 1. The molecular formula is C26H29Cl2NOS. The number of hydrogen-bond donors (Lipinski definition) is 1. The van der Waals surface area contributed by atoms with Crippen molar-refractivity contribution in [1.29, 1.82) is 0 Å². The molecule has 4 rings (SSSR count). The largest absolute Gasteiger partial charge is 0.330 e. The van der Waals surface area contributed by atoms with Crippen LogP contribution in [-0.4, -0.2) is 22.6 Å². The van der Waals surface area contributed by atoms with Crippen molar-refractivity contribution in [3.05, 3.63) is 82.4 Å². The van der Waals surface area contributed by atoms with Crippen molar-refractivity contribution < 1.29 is 4.79 Å². The van der Waals surface area contributed by atoms with Gasteiger partial charge >= 0.3 is 0 Å². The fourth-order valence-corrected chi connectivity index (χ4v) is 6.00. The first-order chi connectivity index (χ1) is 14.9. The van der Waals surface area contributed by atoms with Crippen LogP contribution in [0.5, 0.6) is 0 Å². The monoisotopic (exact) mass is 473 g/mol. The first-order valence-corrected chi connectivity index (χ1v) is 12.3. The van der Waals surface area contributed by atoms with E-state index in [4.69, 9.17) is 35.8 Å². The van der Waals surface area contributed by atoms with Gasteiger partial charge in [0.1, 0.15) is 0 Å². The molecule has 2 fully saturated rings. The number of amides is 1. The van der Waals surface area contributed by atoms with E-state index < -0.39 is 5.41 Å². The second kappa shape index (κ2) is 9.21. The number of halogens is 2. The van der Waals surface area contributed by atoms with Crippen LogP contribution >= 0.6 is 35.8 Å². The number of rotatable bonds is 7. The Balaban J connectivity index is 1.89. The lowest BCUT2D eigenvalue weighted by Gasteiger charge is -2.52. The van der Waals surface area contributed by atoms with Crippen LogP contribution in [0.4, 0.5) is 0 Å². The van der Waals surface area contributed by atoms with Gasteiger partial charge in [0.2, 0.25) is 5.91 Å². The molecule has 0 aromatic heterocycles. The number of hydrogen-bond acceptors (Lipinski definition) is 2. The molecule has 1 aliphatic heterocycles. The van der Waals surface area contributed by atoms with E-state index >= 15 is 0 Å². The summed E-state index contributed by atoms with van der Waals surface area (Å²) in [6.07, 6.45) is 5.58. The number of likely N-dealkylation sites (tertiary alicyclic amines) is 1. The average Bonchev–Trinajstić information content (AvgIpc) is 3.58. The Bertz CT molecular complexity index is 958. The molecule has 2 nitrogen and oxygen atoms in total. The van der Waals surface area contributed by atoms with Crippen LogP contribution in [0.15, 0.2) is 61.2 Å². The molecule has 2 aromatic rings. The van der Waals surface area contributed by atoms with Crippen LogP contribution in [0.2, 0.25) is 10.0 Å². The van der Waals surface area contributed by atoms with Gasteiger partial charge in [-0.25, -0.2) is 0 Å². The lowest BCUT2D eigenvalue weighted by Crippen LogP contribution is -2.56. The maximum atomic E-state index is 14.1. The zero-order chi connectivity index (χ0) is 22.2. The third kappa shape index (κ3) is 4.55. The molecular weight excluding hydrogens is 445 g/mol. The van der Waals surface area contributed by atoms with Gasteiger partial charge < -0.3 is 4.90 Å². The molecule has 31 heavy (non-hydrogen) atoms. The van der Waals surface area contributed by atoms with Crippen LogP contribution in [0.25, 0.3) is 0 Å². The van der Waals surface area contributed by atoms with Crippen molar-refractivity contribution in [2.24, 2.45) is 11.3 Å². The van der Waals surface area contributed by atoms with Crippen LogP contribution < -0.4 is 0 Å². The molecule has 0 bridgehead atoms. The molecule has 1 saturated heterocycles. The van der Waals surface area contributed by atoms with Crippen molar-refractivity contribution in [2.75, 3.05) is 5.75 Å². The van der Waals surface area contributed by atoms with E-state index in [1.165, 1.54) is 0 Å². The van der Waals surface area contributed by atoms with Crippen LogP contribution in [0.3, 0.4) is 0 Å². The number of carbonyl (C=O) groups is 1. The van der Waals surface area contributed by atoms with E-state index in [0.717, 1.165) is 30.4 Å². The van der Waals surface area contributed by atoms with Gasteiger partial charge in [0.15, 0.2) is 0 Å². The minimum absolute atomic E-state index is 0.0844.